The van der Waals surface area contributed by atoms with Gasteiger partial charge < -0.3 is 24.6 Å². The van der Waals surface area contributed by atoms with E-state index in [9.17, 15) is 9.59 Å². The number of amides is 2. The van der Waals surface area contributed by atoms with Crippen molar-refractivity contribution in [1.29, 1.82) is 0 Å². The molecule has 164 valence electrons. The molecule has 2 aliphatic heterocycles. The van der Waals surface area contributed by atoms with Gasteiger partial charge in [0.2, 0.25) is 0 Å². The highest BCUT2D eigenvalue weighted by Gasteiger charge is 2.32. The lowest BCUT2D eigenvalue weighted by Crippen LogP contribution is -3.11. The van der Waals surface area contributed by atoms with E-state index in [2.05, 4.69) is 17.4 Å². The van der Waals surface area contributed by atoms with Crippen LogP contribution in [-0.4, -0.2) is 57.1 Å². The van der Waals surface area contributed by atoms with Gasteiger partial charge in [0.15, 0.2) is 18.0 Å². The molecule has 2 heterocycles. The number of fused-ring (bicyclic) bond motifs is 1. The van der Waals surface area contributed by atoms with Crippen molar-refractivity contribution in [2.45, 2.75) is 25.3 Å². The van der Waals surface area contributed by atoms with E-state index >= 15 is 0 Å². The van der Waals surface area contributed by atoms with Crippen molar-refractivity contribution in [2.24, 2.45) is 0 Å². The Morgan fingerprint density at radius 3 is 2.52 bits per heavy atom. The Morgan fingerprint density at radius 2 is 1.77 bits per heavy atom. The van der Waals surface area contributed by atoms with Crippen molar-refractivity contribution >= 4 is 17.5 Å². The lowest BCUT2D eigenvalue weighted by atomic mass is 10.0. The molecule has 7 nitrogen and oxygen atoms in total. The summed E-state index contributed by atoms with van der Waals surface area (Å²) < 4.78 is 11.6. The van der Waals surface area contributed by atoms with E-state index in [1.54, 1.807) is 38.4 Å². The number of anilines is 1. The first-order chi connectivity index (χ1) is 15.0. The number of hydrogen-bond acceptors (Lipinski definition) is 4. The van der Waals surface area contributed by atoms with Gasteiger partial charge in [0.1, 0.15) is 6.04 Å². The Hall–Kier alpha value is -3.06. The van der Waals surface area contributed by atoms with Crippen LogP contribution >= 0.6 is 0 Å². The Balaban J connectivity index is 1.39. The van der Waals surface area contributed by atoms with Gasteiger partial charge in [-0.25, -0.2) is 0 Å². The van der Waals surface area contributed by atoms with E-state index in [1.165, 1.54) is 15.4 Å². The molecule has 1 unspecified atom stereocenters. The average molecular weight is 425 g/mol. The van der Waals surface area contributed by atoms with E-state index in [0.717, 1.165) is 37.3 Å². The number of carbonyl (C=O) groups is 2. The zero-order chi connectivity index (χ0) is 21.8. The van der Waals surface area contributed by atoms with Crippen molar-refractivity contribution in [2.75, 3.05) is 45.7 Å². The van der Waals surface area contributed by atoms with Crippen molar-refractivity contribution in [1.82, 2.24) is 4.90 Å². The number of nitrogens with zero attached hydrogens (tertiary/aromatic N) is 1. The highest BCUT2D eigenvalue weighted by Crippen LogP contribution is 2.33. The zero-order valence-corrected chi connectivity index (χ0v) is 18.1. The van der Waals surface area contributed by atoms with Crippen LogP contribution in [0.4, 0.5) is 5.69 Å². The summed E-state index contributed by atoms with van der Waals surface area (Å²) >= 11 is 0. The molecule has 0 spiro atoms. The van der Waals surface area contributed by atoms with Crippen LogP contribution in [0.2, 0.25) is 0 Å². The van der Waals surface area contributed by atoms with E-state index in [-0.39, 0.29) is 17.9 Å². The summed E-state index contributed by atoms with van der Waals surface area (Å²) in [4.78, 5) is 27.5. The summed E-state index contributed by atoms with van der Waals surface area (Å²) in [5.41, 5.74) is 2.49. The maximum absolute atomic E-state index is 12.7. The topological polar surface area (TPSA) is 72.3 Å². The number of benzene rings is 2. The highest BCUT2D eigenvalue weighted by molar-refractivity contribution is 5.95. The van der Waals surface area contributed by atoms with E-state index in [0.29, 0.717) is 31.0 Å². The Morgan fingerprint density at radius 1 is 1.03 bits per heavy atom. The third-order valence-corrected chi connectivity index (χ3v) is 5.87. The summed E-state index contributed by atoms with van der Waals surface area (Å²) in [7, 11) is 3.44. The first-order valence-corrected chi connectivity index (χ1v) is 10.9. The van der Waals surface area contributed by atoms with Gasteiger partial charge in [-0.2, -0.15) is 0 Å². The maximum Gasteiger partial charge on any atom is 0.279 e. The van der Waals surface area contributed by atoms with Gasteiger partial charge in [0, 0.05) is 50.2 Å². The highest BCUT2D eigenvalue weighted by atomic mass is 16.5. The van der Waals surface area contributed by atoms with E-state index in [4.69, 9.17) is 9.47 Å². The predicted molar refractivity (Wildman–Crippen MR) is 118 cm³/mol. The van der Waals surface area contributed by atoms with Gasteiger partial charge in [-0.3, -0.25) is 9.59 Å². The Kier molecular flexibility index (Phi) is 6.42. The molecule has 2 aliphatic rings. The fourth-order valence-electron chi connectivity index (χ4n) is 4.29. The van der Waals surface area contributed by atoms with Gasteiger partial charge >= 0.3 is 0 Å². The van der Waals surface area contributed by atoms with E-state index in [1.807, 2.05) is 6.07 Å². The van der Waals surface area contributed by atoms with Crippen molar-refractivity contribution < 1.29 is 24.0 Å². The van der Waals surface area contributed by atoms with Crippen LogP contribution in [0.25, 0.3) is 0 Å². The number of quaternary nitrogens is 1. The molecule has 0 aliphatic carbocycles. The van der Waals surface area contributed by atoms with Gasteiger partial charge in [0.05, 0.1) is 19.8 Å². The molecule has 0 aromatic heterocycles. The number of likely N-dealkylation sites (tertiary alicyclic amines) is 1. The molecular weight excluding hydrogens is 394 g/mol. The zero-order valence-electron chi connectivity index (χ0n) is 18.1. The summed E-state index contributed by atoms with van der Waals surface area (Å²) in [6.45, 7) is 2.71. The van der Waals surface area contributed by atoms with Crippen LogP contribution in [-0.2, 0) is 4.79 Å². The number of rotatable bonds is 5. The third kappa shape index (κ3) is 4.99. The molecule has 0 bridgehead atoms. The van der Waals surface area contributed by atoms with Crippen LogP contribution in [0.1, 0.15) is 41.2 Å². The molecule has 2 amide bonds. The minimum absolute atomic E-state index is 0.0251. The number of ether oxygens (including phenoxy) is 2. The predicted octanol–water partition coefficient (Wildman–Crippen LogP) is 1.91. The molecular formula is C24H30N3O4+. The smallest absolute Gasteiger partial charge is 0.279 e. The van der Waals surface area contributed by atoms with Crippen molar-refractivity contribution in [3.8, 4) is 11.5 Å². The second-order valence-electron chi connectivity index (χ2n) is 8.36. The molecule has 4 rings (SSSR count). The third-order valence-electron chi connectivity index (χ3n) is 5.87. The van der Waals surface area contributed by atoms with Gasteiger partial charge in [-0.05, 0) is 42.5 Å². The van der Waals surface area contributed by atoms with Crippen LogP contribution in [0.3, 0.4) is 0 Å². The van der Waals surface area contributed by atoms with Crippen LogP contribution in [0.5, 0.6) is 11.5 Å². The van der Waals surface area contributed by atoms with Crippen molar-refractivity contribution in [3.63, 3.8) is 0 Å². The normalized spacial score (nSPS) is 20.1. The number of nitrogens with one attached hydrogen (secondary N) is 2. The van der Waals surface area contributed by atoms with Gasteiger partial charge in [-0.15, -0.1) is 0 Å². The summed E-state index contributed by atoms with van der Waals surface area (Å²) in [6.07, 6.45) is 3.02. The lowest BCUT2D eigenvalue weighted by molar-refractivity contribution is -0.910. The van der Waals surface area contributed by atoms with Gasteiger partial charge in [0.25, 0.3) is 11.8 Å². The fraction of sp³-hybridized carbons (Fsp3) is 0.417. The minimum Gasteiger partial charge on any atom is -0.490 e. The monoisotopic (exact) mass is 424 g/mol. The van der Waals surface area contributed by atoms with Gasteiger partial charge in [-0.1, -0.05) is 0 Å². The van der Waals surface area contributed by atoms with Crippen LogP contribution in [0.15, 0.2) is 42.5 Å². The molecule has 31 heavy (non-hydrogen) atoms. The fourth-order valence-corrected chi connectivity index (χ4v) is 4.29. The summed E-state index contributed by atoms with van der Waals surface area (Å²) in [5, 5.41) is 2.97. The number of hydrogen-bond donors (Lipinski definition) is 2. The standard InChI is InChI=1S/C24H29N3O4/c1-26(2)24(29)17-6-9-19(10-7-17)25-23(28)16-27-12-3-5-20(27)18-8-11-21-22(15-18)31-14-4-13-30-21/h6-11,15,20H,3-5,12-14,16H2,1-2H3,(H,25,28)/p+1/t20-/m1/s1. The Bertz CT molecular complexity index is 942. The second kappa shape index (κ2) is 9.39. The maximum atomic E-state index is 12.7. The van der Waals surface area contributed by atoms with Crippen LogP contribution < -0.4 is 19.7 Å². The first kappa shape index (κ1) is 21.2. The SMILES string of the molecule is CN(C)C(=O)c1ccc(NC(=O)C[NH+]2CCC[C@@H]2c2ccc3c(c2)OCCCO3)cc1. The number of carbonyl (C=O) groups excluding carboxylic acids is 2. The lowest BCUT2D eigenvalue weighted by Gasteiger charge is -2.22. The molecule has 1 fully saturated rings. The quantitative estimate of drug-likeness (QED) is 0.769. The molecule has 2 atom stereocenters. The molecule has 2 aromatic rings. The molecule has 0 radical (unpaired) electrons. The minimum atomic E-state index is -0.0580. The molecule has 0 saturated carbocycles. The first-order valence-electron chi connectivity index (χ1n) is 10.9. The molecule has 2 aromatic carbocycles. The molecule has 7 heteroatoms. The Labute approximate surface area is 182 Å². The summed E-state index contributed by atoms with van der Waals surface area (Å²) in [6, 6.07) is 13.5. The largest absolute Gasteiger partial charge is 0.490 e. The summed E-state index contributed by atoms with van der Waals surface area (Å²) in [5.74, 6) is 1.52. The van der Waals surface area contributed by atoms with Crippen LogP contribution in [0, 0.1) is 0 Å². The van der Waals surface area contributed by atoms with E-state index < -0.39 is 0 Å². The molecule has 1 saturated heterocycles. The second-order valence-corrected chi connectivity index (χ2v) is 8.36. The molecule has 2 N–H and O–H groups in total. The van der Waals surface area contributed by atoms with Crippen molar-refractivity contribution in [3.05, 3.63) is 53.6 Å². The average Bonchev–Trinajstić information content (AvgIpc) is 3.08.